The molecule has 35 heavy (non-hydrogen) atoms. The molecule has 1 saturated carbocycles. The van der Waals surface area contributed by atoms with Crippen molar-refractivity contribution in [2.45, 2.75) is 90.5 Å². The van der Waals surface area contributed by atoms with Gasteiger partial charge in [0.25, 0.3) is 0 Å². The van der Waals surface area contributed by atoms with Gasteiger partial charge in [0, 0.05) is 0 Å². The predicted molar refractivity (Wildman–Crippen MR) is 143 cm³/mol. The van der Waals surface area contributed by atoms with Gasteiger partial charge in [-0.2, -0.15) is 0 Å². The van der Waals surface area contributed by atoms with Gasteiger partial charge in [0.05, 0.1) is 32.3 Å². The molecule has 0 bridgehead atoms. The normalized spacial score (nSPS) is 22.8. The summed E-state index contributed by atoms with van der Waals surface area (Å²) in [5.74, 6) is 1.03. The largest absolute Gasteiger partial charge is 0.493 e. The highest BCUT2D eigenvalue weighted by molar-refractivity contribution is 6.48. The van der Waals surface area contributed by atoms with Gasteiger partial charge in [0.1, 0.15) is 0 Å². The number of rotatable bonds is 12. The number of aliphatic hydroxyl groups is 1. The number of methoxy groups -OCH3 is 2. The van der Waals surface area contributed by atoms with E-state index in [4.69, 9.17) is 13.9 Å². The van der Waals surface area contributed by atoms with E-state index in [0.717, 1.165) is 31.2 Å². The number of aliphatic carboxylic acids is 1. The molecule has 2 rings (SSSR count). The first-order valence-corrected chi connectivity index (χ1v) is 15.6. The molecule has 4 atom stereocenters. The molecule has 1 fully saturated rings. The molecule has 1 aromatic carbocycles. The van der Waals surface area contributed by atoms with E-state index in [1.54, 1.807) is 14.2 Å². The number of carbonyl (C=O) groups is 1. The van der Waals surface area contributed by atoms with Gasteiger partial charge in [-0.05, 0) is 86.6 Å². The third kappa shape index (κ3) is 9.28. The van der Waals surface area contributed by atoms with Crippen molar-refractivity contribution >= 4 is 15.0 Å². The molecule has 0 heterocycles. The maximum atomic E-state index is 11.2. The Morgan fingerprint density at radius 1 is 1.20 bits per heavy atom. The summed E-state index contributed by atoms with van der Waals surface area (Å²) in [6, 6.07) is 6.03. The summed E-state index contributed by atoms with van der Waals surface area (Å²) in [5.41, 5.74) is 0.0799. The first-order chi connectivity index (χ1) is 16.4. The Labute approximate surface area is 213 Å². The molecule has 0 amide bonds. The van der Waals surface area contributed by atoms with E-state index in [-0.39, 0.29) is 23.9 Å². The van der Waals surface area contributed by atoms with Crippen LogP contribution in [0.4, 0.5) is 0 Å². The monoisotopic (exact) mass is 506 g/mol. The first-order valence-electron chi connectivity index (χ1n) is 12.9. The molecule has 0 aliphatic heterocycles. The Morgan fingerprint density at radius 2 is 1.89 bits per heavy atom. The van der Waals surface area contributed by atoms with Crippen LogP contribution in [0.3, 0.4) is 0 Å². The molecular formula is C28H46O6Si. The fraction of sp³-hybridized carbons (Fsp3) is 0.679. The van der Waals surface area contributed by atoms with E-state index < -0.39 is 20.6 Å². The second-order valence-electron chi connectivity index (χ2n) is 11.4. The minimum absolute atomic E-state index is 0.00457. The molecule has 0 aromatic heterocycles. The van der Waals surface area contributed by atoms with Crippen molar-refractivity contribution in [1.29, 1.82) is 0 Å². The zero-order valence-corrected chi connectivity index (χ0v) is 23.8. The summed E-state index contributed by atoms with van der Waals surface area (Å²) < 4.78 is 17.4. The number of ether oxygens (including phenoxy) is 2. The molecule has 0 spiro atoms. The van der Waals surface area contributed by atoms with Gasteiger partial charge >= 0.3 is 5.97 Å². The zero-order chi connectivity index (χ0) is 26.2. The molecule has 1 aromatic rings. The Hall–Kier alpha value is -1.83. The number of carboxylic acid groups (broad SMARTS) is 1. The number of carboxylic acids is 1. The first kappa shape index (κ1) is 29.4. The lowest BCUT2D eigenvalue weighted by molar-refractivity contribution is -0.144. The summed E-state index contributed by atoms with van der Waals surface area (Å²) in [4.78, 5) is 11.2. The Kier molecular flexibility index (Phi) is 10.9. The van der Waals surface area contributed by atoms with Crippen LogP contribution in [0.1, 0.15) is 77.4 Å². The number of hydrogen-bond donors (Lipinski definition) is 2. The third-order valence-corrected chi connectivity index (χ3v) is 7.90. The Balaban J connectivity index is 2.16. The molecule has 0 saturated heterocycles. The van der Waals surface area contributed by atoms with Crippen LogP contribution in [0, 0.1) is 17.3 Å². The molecule has 1 aliphatic rings. The Morgan fingerprint density at radius 3 is 2.46 bits per heavy atom. The fourth-order valence-electron chi connectivity index (χ4n) is 5.13. The average molecular weight is 507 g/mol. The van der Waals surface area contributed by atoms with Crippen LogP contribution in [0.25, 0.3) is 0 Å². The van der Waals surface area contributed by atoms with E-state index in [9.17, 15) is 15.0 Å². The number of hydrogen-bond acceptors (Lipinski definition) is 5. The van der Waals surface area contributed by atoms with Crippen molar-refractivity contribution in [3.05, 3.63) is 35.9 Å². The van der Waals surface area contributed by atoms with Gasteiger partial charge in [-0.15, -0.1) is 0 Å². The smallest absolute Gasteiger partial charge is 0.306 e. The highest BCUT2D eigenvalue weighted by Crippen LogP contribution is 2.39. The molecular weight excluding hydrogens is 460 g/mol. The highest BCUT2D eigenvalue weighted by Gasteiger charge is 2.35. The maximum absolute atomic E-state index is 11.2. The summed E-state index contributed by atoms with van der Waals surface area (Å²) in [7, 11) is 2.01. The molecule has 198 valence electrons. The summed E-state index contributed by atoms with van der Waals surface area (Å²) in [5, 5.41) is 19.9. The van der Waals surface area contributed by atoms with E-state index >= 15 is 0 Å². The van der Waals surface area contributed by atoms with E-state index in [1.165, 1.54) is 0 Å². The molecule has 6 nitrogen and oxygen atoms in total. The molecule has 7 heteroatoms. The van der Waals surface area contributed by atoms with Gasteiger partial charge in [-0.25, -0.2) is 0 Å². The topological polar surface area (TPSA) is 85.2 Å². The highest BCUT2D eigenvalue weighted by atomic mass is 28.3. The van der Waals surface area contributed by atoms with Gasteiger partial charge < -0.3 is 24.1 Å². The quantitative estimate of drug-likeness (QED) is 0.262. The molecule has 4 unspecified atom stereocenters. The van der Waals surface area contributed by atoms with Crippen LogP contribution in [0.2, 0.25) is 13.1 Å². The van der Waals surface area contributed by atoms with Crippen molar-refractivity contribution < 1.29 is 28.9 Å². The average Bonchev–Trinajstić information content (AvgIpc) is 2.75. The summed E-state index contributed by atoms with van der Waals surface area (Å²) in [6.07, 6.45) is 9.13. The van der Waals surface area contributed by atoms with Crippen molar-refractivity contribution in [2.24, 2.45) is 17.3 Å². The fourth-order valence-corrected chi connectivity index (χ4v) is 6.08. The van der Waals surface area contributed by atoms with Crippen molar-refractivity contribution in [2.75, 3.05) is 14.2 Å². The summed E-state index contributed by atoms with van der Waals surface area (Å²) >= 11 is 0. The molecule has 1 aliphatic carbocycles. The third-order valence-electron chi connectivity index (χ3n) is 7.02. The van der Waals surface area contributed by atoms with Crippen LogP contribution >= 0.6 is 0 Å². The standard InChI is InChI=1S/C28H46O6Si/c1-27(2,3)22(12-10-20-9-8-16-28(31,18-20)19-26(29)30)13-15-23(34-35(6)7)21-11-14-24(32-4)25(17-21)33-5/h10-12,14,17,20,22-23,31,35H,8-9,13,15-16,18-19H2,1-7H3,(H,29,30). The maximum Gasteiger partial charge on any atom is 0.306 e. The van der Waals surface area contributed by atoms with Crippen molar-refractivity contribution in [3.63, 3.8) is 0 Å². The van der Waals surface area contributed by atoms with Crippen LogP contribution in [0.15, 0.2) is 30.4 Å². The second kappa shape index (κ2) is 12.9. The van der Waals surface area contributed by atoms with E-state index in [1.807, 2.05) is 12.1 Å². The van der Waals surface area contributed by atoms with Crippen molar-refractivity contribution in [1.82, 2.24) is 0 Å². The minimum Gasteiger partial charge on any atom is -0.493 e. The van der Waals surface area contributed by atoms with Crippen LogP contribution < -0.4 is 9.47 Å². The van der Waals surface area contributed by atoms with Crippen LogP contribution in [-0.2, 0) is 9.22 Å². The number of benzene rings is 1. The minimum atomic E-state index is -1.28. The van der Waals surface area contributed by atoms with Crippen molar-refractivity contribution in [3.8, 4) is 11.5 Å². The van der Waals surface area contributed by atoms with Gasteiger partial charge in [-0.3, -0.25) is 4.79 Å². The predicted octanol–water partition coefficient (Wildman–Crippen LogP) is 6.14. The van der Waals surface area contributed by atoms with Gasteiger partial charge in [0.2, 0.25) is 0 Å². The Bertz CT molecular complexity index is 846. The van der Waals surface area contributed by atoms with Gasteiger partial charge in [0.15, 0.2) is 20.5 Å². The summed E-state index contributed by atoms with van der Waals surface area (Å²) in [6.45, 7) is 11.2. The van der Waals surface area contributed by atoms with E-state index in [2.05, 4.69) is 52.1 Å². The lowest BCUT2D eigenvalue weighted by Gasteiger charge is -2.35. The molecule has 0 radical (unpaired) electrons. The van der Waals surface area contributed by atoms with E-state index in [0.29, 0.717) is 30.3 Å². The lowest BCUT2D eigenvalue weighted by atomic mass is 9.74. The number of allylic oxidation sites excluding steroid dienone is 2. The SMILES string of the molecule is COc1ccc(C(CCC(C=CC2CCCC(O)(CC(=O)O)C2)C(C)(C)C)O[SiH](C)C)cc1OC. The zero-order valence-electron chi connectivity index (χ0n) is 22.7. The van der Waals surface area contributed by atoms with Crippen LogP contribution in [0.5, 0.6) is 11.5 Å². The lowest BCUT2D eigenvalue weighted by Crippen LogP contribution is -2.37. The molecule has 2 N–H and O–H groups in total. The van der Waals surface area contributed by atoms with Gasteiger partial charge in [-0.1, -0.05) is 39.0 Å². The van der Waals surface area contributed by atoms with Crippen LogP contribution in [-0.4, -0.2) is 45.0 Å². The second-order valence-corrected chi connectivity index (χ2v) is 13.7.